The minimum absolute atomic E-state index is 0.582. The summed E-state index contributed by atoms with van der Waals surface area (Å²) in [5.41, 5.74) is 7.50. The quantitative estimate of drug-likeness (QED) is 0.132. The molecule has 246 valence electrons. The number of hydrogen-bond acceptors (Lipinski definition) is 3. The maximum absolute atomic E-state index is 6.19. The van der Waals surface area contributed by atoms with Crippen LogP contribution in [0, 0.1) is 0 Å². The van der Waals surface area contributed by atoms with Crippen LogP contribution in [0.1, 0.15) is 51.6 Å². The van der Waals surface area contributed by atoms with Gasteiger partial charge in [-0.05, 0) is 58.9 Å². The molecule has 0 aliphatic carbocycles. The van der Waals surface area contributed by atoms with Crippen molar-refractivity contribution in [3.63, 3.8) is 0 Å². The Labute approximate surface area is 297 Å². The van der Waals surface area contributed by atoms with E-state index >= 15 is 0 Å². The summed E-state index contributed by atoms with van der Waals surface area (Å²) in [6.45, 7) is 0.779. The van der Waals surface area contributed by atoms with Gasteiger partial charge in [0.1, 0.15) is 17.2 Å². The number of aromatic amines is 1. The van der Waals surface area contributed by atoms with Gasteiger partial charge in [-0.1, -0.05) is 133 Å². The van der Waals surface area contributed by atoms with Crippen LogP contribution in [0.4, 0.5) is 0 Å². The summed E-state index contributed by atoms with van der Waals surface area (Å²) in [4.78, 5) is 8.41. The average molecular weight is 673 g/mol. The highest BCUT2D eigenvalue weighted by atomic mass is 35.5. The summed E-state index contributed by atoms with van der Waals surface area (Å²) < 4.78 is 4.59. The molecule has 0 unspecified atom stereocenters. The molecule has 0 aliphatic heterocycles. The van der Waals surface area contributed by atoms with Crippen LogP contribution in [0.2, 0.25) is 5.02 Å². The topological polar surface area (TPSA) is 64.3 Å². The van der Waals surface area contributed by atoms with E-state index < -0.39 is 5.54 Å². The average Bonchev–Trinajstić information content (AvgIpc) is 3.91. The summed E-state index contributed by atoms with van der Waals surface area (Å²) in [6, 6.07) is 48.6. The Balaban J connectivity index is 1.10. The minimum Gasteiger partial charge on any atom is -0.361 e. The van der Waals surface area contributed by atoms with Gasteiger partial charge in [-0.25, -0.2) is 4.98 Å². The number of rotatable bonds is 12. The molecule has 8 aromatic rings. The normalized spacial score (nSPS) is 11.7. The van der Waals surface area contributed by atoms with E-state index in [2.05, 4.69) is 154 Å². The van der Waals surface area contributed by atoms with Gasteiger partial charge in [0, 0.05) is 47.7 Å². The monoisotopic (exact) mass is 672 g/mol. The predicted octanol–water partition coefficient (Wildman–Crippen LogP) is 9.26. The van der Waals surface area contributed by atoms with E-state index in [0.717, 1.165) is 52.8 Å². The Morgan fingerprint density at radius 2 is 1.22 bits per heavy atom. The van der Waals surface area contributed by atoms with Gasteiger partial charge in [0.25, 0.3) is 0 Å². The standard InChI is InChI=1S/C43H37ClN6/c44-37-24-22-32(23-25-37)27-41-47-48-42(28-33-29-45-40-21-11-10-20-39(33)40)50(41)26-12-19-38-30-49(31-46-38)43(34-13-4-1-5-14-34,35-15-6-2-7-16-35)36-17-8-3-9-18-36/h1-11,13-18,20-25,29-31,45H,12,19,26-28H2. The van der Waals surface area contributed by atoms with Crippen molar-refractivity contribution in [1.82, 2.24) is 29.3 Å². The molecule has 0 bridgehead atoms. The van der Waals surface area contributed by atoms with E-state index in [1.165, 1.54) is 27.6 Å². The number of hydrogen-bond donors (Lipinski definition) is 1. The molecule has 8 rings (SSSR count). The molecule has 0 aliphatic rings. The summed E-state index contributed by atoms with van der Waals surface area (Å²) in [6.07, 6.45) is 9.38. The molecule has 0 saturated carbocycles. The molecule has 0 amide bonds. The van der Waals surface area contributed by atoms with Gasteiger partial charge in [-0.3, -0.25) is 0 Å². The van der Waals surface area contributed by atoms with Crippen LogP contribution in [0.15, 0.2) is 158 Å². The predicted molar refractivity (Wildman–Crippen MR) is 201 cm³/mol. The van der Waals surface area contributed by atoms with Crippen molar-refractivity contribution in [2.75, 3.05) is 0 Å². The SMILES string of the molecule is Clc1ccc(Cc2nnc(Cc3c[nH]c4ccccc34)n2CCCc2cn(C(c3ccccc3)(c3ccccc3)c3ccccc3)cn2)cc1. The van der Waals surface area contributed by atoms with Crippen molar-refractivity contribution in [1.29, 1.82) is 0 Å². The van der Waals surface area contributed by atoms with E-state index in [1.807, 2.05) is 18.5 Å². The molecule has 6 nitrogen and oxygen atoms in total. The zero-order valence-electron chi connectivity index (χ0n) is 27.7. The third-order valence-corrected chi connectivity index (χ3v) is 9.87. The molecule has 0 saturated heterocycles. The number of aryl methyl sites for hydroxylation is 1. The molecule has 0 atom stereocenters. The summed E-state index contributed by atoms with van der Waals surface area (Å²) in [7, 11) is 0. The van der Waals surface area contributed by atoms with Crippen LogP contribution in [0.5, 0.6) is 0 Å². The number of benzene rings is 5. The van der Waals surface area contributed by atoms with Crippen molar-refractivity contribution in [3.05, 3.63) is 208 Å². The van der Waals surface area contributed by atoms with Crippen LogP contribution in [-0.4, -0.2) is 29.3 Å². The highest BCUT2D eigenvalue weighted by Crippen LogP contribution is 2.40. The van der Waals surface area contributed by atoms with Gasteiger partial charge in [0.15, 0.2) is 0 Å². The van der Waals surface area contributed by atoms with Gasteiger partial charge in [0.2, 0.25) is 0 Å². The number of aromatic nitrogens is 6. The Morgan fingerprint density at radius 3 is 1.86 bits per heavy atom. The molecule has 3 aromatic heterocycles. The minimum atomic E-state index is -0.582. The molecular formula is C43H37ClN6. The fraction of sp³-hybridized carbons (Fsp3) is 0.140. The largest absolute Gasteiger partial charge is 0.361 e. The lowest BCUT2D eigenvalue weighted by atomic mass is 9.77. The van der Waals surface area contributed by atoms with Gasteiger partial charge in [0.05, 0.1) is 12.0 Å². The maximum atomic E-state index is 6.19. The van der Waals surface area contributed by atoms with Crippen molar-refractivity contribution >= 4 is 22.5 Å². The molecule has 0 fully saturated rings. The Hall–Kier alpha value is -5.72. The maximum Gasteiger partial charge on any atom is 0.137 e. The van der Waals surface area contributed by atoms with Gasteiger partial charge in [-0.15, -0.1) is 10.2 Å². The highest BCUT2D eigenvalue weighted by molar-refractivity contribution is 6.30. The van der Waals surface area contributed by atoms with Gasteiger partial charge < -0.3 is 14.1 Å². The molecule has 1 N–H and O–H groups in total. The second kappa shape index (κ2) is 14.0. The molecule has 0 radical (unpaired) electrons. The van der Waals surface area contributed by atoms with Gasteiger partial charge >= 0.3 is 0 Å². The van der Waals surface area contributed by atoms with E-state index in [9.17, 15) is 0 Å². The lowest BCUT2D eigenvalue weighted by molar-refractivity contribution is 0.513. The Bertz CT molecular complexity index is 2210. The van der Waals surface area contributed by atoms with Crippen LogP contribution in [0.3, 0.4) is 0 Å². The summed E-state index contributed by atoms with van der Waals surface area (Å²) >= 11 is 6.19. The van der Waals surface area contributed by atoms with Crippen molar-refractivity contribution < 1.29 is 0 Å². The molecule has 50 heavy (non-hydrogen) atoms. The first-order chi connectivity index (χ1) is 24.7. The first kappa shape index (κ1) is 31.5. The van der Waals surface area contributed by atoms with Crippen LogP contribution < -0.4 is 0 Å². The smallest absolute Gasteiger partial charge is 0.137 e. The fourth-order valence-corrected chi connectivity index (χ4v) is 7.33. The van der Waals surface area contributed by atoms with Crippen molar-refractivity contribution in [2.24, 2.45) is 0 Å². The molecule has 3 heterocycles. The lowest BCUT2D eigenvalue weighted by Gasteiger charge is -2.37. The van der Waals surface area contributed by atoms with Crippen molar-refractivity contribution in [2.45, 2.75) is 37.8 Å². The van der Waals surface area contributed by atoms with E-state index in [1.54, 1.807) is 0 Å². The number of para-hydroxylation sites is 1. The first-order valence-electron chi connectivity index (χ1n) is 17.1. The van der Waals surface area contributed by atoms with Crippen LogP contribution >= 0.6 is 11.6 Å². The Morgan fingerprint density at radius 1 is 0.640 bits per heavy atom. The summed E-state index contributed by atoms with van der Waals surface area (Å²) in [5, 5.41) is 11.4. The number of fused-ring (bicyclic) bond motifs is 1. The van der Waals surface area contributed by atoms with Crippen LogP contribution in [-0.2, 0) is 31.3 Å². The highest BCUT2D eigenvalue weighted by Gasteiger charge is 2.38. The van der Waals surface area contributed by atoms with Crippen LogP contribution in [0.25, 0.3) is 10.9 Å². The number of H-pyrrole nitrogens is 1. The first-order valence-corrected chi connectivity index (χ1v) is 17.5. The fourth-order valence-electron chi connectivity index (χ4n) is 7.20. The molecule has 5 aromatic carbocycles. The van der Waals surface area contributed by atoms with Crippen molar-refractivity contribution in [3.8, 4) is 0 Å². The van der Waals surface area contributed by atoms with E-state index in [4.69, 9.17) is 26.8 Å². The number of halogens is 1. The lowest BCUT2D eigenvalue weighted by Crippen LogP contribution is -2.36. The third kappa shape index (κ3) is 6.14. The van der Waals surface area contributed by atoms with E-state index in [-0.39, 0.29) is 0 Å². The molecule has 0 spiro atoms. The number of imidazole rings is 1. The number of nitrogens with zero attached hydrogens (tertiary/aromatic N) is 5. The number of nitrogens with one attached hydrogen (secondary N) is 1. The zero-order valence-corrected chi connectivity index (χ0v) is 28.4. The molecular weight excluding hydrogens is 636 g/mol. The summed E-state index contributed by atoms with van der Waals surface area (Å²) in [5.74, 6) is 1.91. The van der Waals surface area contributed by atoms with E-state index in [0.29, 0.717) is 12.8 Å². The third-order valence-electron chi connectivity index (χ3n) is 9.62. The molecule has 7 heteroatoms. The zero-order chi connectivity index (χ0) is 33.8. The second-order valence-corrected chi connectivity index (χ2v) is 13.1. The van der Waals surface area contributed by atoms with Gasteiger partial charge in [-0.2, -0.15) is 0 Å². The Kier molecular flexibility index (Phi) is 8.85. The second-order valence-electron chi connectivity index (χ2n) is 12.7.